The molecule has 3 aromatic rings. The number of rotatable bonds is 3. The second kappa shape index (κ2) is 7.50. The van der Waals surface area contributed by atoms with Crippen LogP contribution >= 0.6 is 0 Å². The molecule has 2 aliphatic rings. The van der Waals surface area contributed by atoms with Crippen molar-refractivity contribution in [3.8, 4) is 22.8 Å². The van der Waals surface area contributed by atoms with E-state index < -0.39 is 0 Å². The van der Waals surface area contributed by atoms with Crippen molar-refractivity contribution in [2.45, 2.75) is 6.42 Å². The summed E-state index contributed by atoms with van der Waals surface area (Å²) in [5.41, 5.74) is 2.68. The molecule has 0 radical (unpaired) electrons. The van der Waals surface area contributed by atoms with Gasteiger partial charge in [-0.3, -0.25) is 9.89 Å². The SMILES string of the molecule is O=C(c1ccccc1)N1CCCN(c2cc(-c3ccc4c(c3)OCO4)[nH]n2)CC1. The maximum absolute atomic E-state index is 12.7. The average Bonchev–Trinajstić information content (AvgIpc) is 3.38. The normalized spacial score (nSPS) is 16.0. The minimum Gasteiger partial charge on any atom is -0.454 e. The molecule has 1 amide bonds. The van der Waals surface area contributed by atoms with Gasteiger partial charge in [0.05, 0.1) is 5.69 Å². The lowest BCUT2D eigenvalue weighted by Crippen LogP contribution is -2.35. The second-order valence-corrected chi connectivity index (χ2v) is 7.21. The molecular weight excluding hydrogens is 368 g/mol. The Morgan fingerprint density at radius 1 is 0.931 bits per heavy atom. The van der Waals surface area contributed by atoms with Crippen molar-refractivity contribution in [1.29, 1.82) is 0 Å². The fraction of sp³-hybridized carbons (Fsp3) is 0.273. The van der Waals surface area contributed by atoms with Gasteiger partial charge >= 0.3 is 0 Å². The third-order valence-corrected chi connectivity index (χ3v) is 5.38. The Bertz CT molecular complexity index is 1020. The summed E-state index contributed by atoms with van der Waals surface area (Å²) in [6, 6.07) is 17.4. The highest BCUT2D eigenvalue weighted by Crippen LogP contribution is 2.36. The maximum atomic E-state index is 12.7. The Hall–Kier alpha value is -3.48. The zero-order valence-electron chi connectivity index (χ0n) is 16.0. The number of aromatic amines is 1. The number of hydrogen-bond acceptors (Lipinski definition) is 5. The van der Waals surface area contributed by atoms with E-state index in [2.05, 4.69) is 15.1 Å². The number of anilines is 1. The zero-order chi connectivity index (χ0) is 19.6. The van der Waals surface area contributed by atoms with Gasteiger partial charge in [-0.15, -0.1) is 0 Å². The van der Waals surface area contributed by atoms with Gasteiger partial charge < -0.3 is 19.3 Å². The van der Waals surface area contributed by atoms with Crippen LogP contribution < -0.4 is 14.4 Å². The van der Waals surface area contributed by atoms with Crippen molar-refractivity contribution in [1.82, 2.24) is 15.1 Å². The summed E-state index contributed by atoms with van der Waals surface area (Å²) < 4.78 is 10.8. The number of H-pyrrole nitrogens is 1. The molecule has 2 aliphatic heterocycles. The molecule has 0 bridgehead atoms. The zero-order valence-corrected chi connectivity index (χ0v) is 16.0. The van der Waals surface area contributed by atoms with Crippen LogP contribution in [0.4, 0.5) is 5.82 Å². The molecule has 1 saturated heterocycles. The number of benzene rings is 2. The second-order valence-electron chi connectivity index (χ2n) is 7.21. The summed E-state index contributed by atoms with van der Waals surface area (Å²) in [4.78, 5) is 16.9. The molecule has 29 heavy (non-hydrogen) atoms. The largest absolute Gasteiger partial charge is 0.454 e. The van der Waals surface area contributed by atoms with Crippen LogP contribution in [0.1, 0.15) is 16.8 Å². The van der Waals surface area contributed by atoms with Crippen molar-refractivity contribution >= 4 is 11.7 Å². The topological polar surface area (TPSA) is 70.7 Å². The first-order valence-corrected chi connectivity index (χ1v) is 9.83. The smallest absolute Gasteiger partial charge is 0.253 e. The summed E-state index contributed by atoms with van der Waals surface area (Å²) in [7, 11) is 0. The van der Waals surface area contributed by atoms with Crippen molar-refractivity contribution in [3.05, 3.63) is 60.2 Å². The first-order chi connectivity index (χ1) is 14.3. The molecular formula is C22H22N4O3. The third-order valence-electron chi connectivity index (χ3n) is 5.38. The van der Waals surface area contributed by atoms with Crippen LogP contribution in [0, 0.1) is 0 Å². The standard InChI is InChI=1S/C22H22N4O3/c27-22(16-5-2-1-3-6-16)26-10-4-9-25(11-12-26)21-14-18(23-24-21)17-7-8-19-20(13-17)29-15-28-19/h1-3,5-8,13-14H,4,9-12,15H2,(H,23,24). The van der Waals surface area contributed by atoms with E-state index in [1.165, 1.54) is 0 Å². The van der Waals surface area contributed by atoms with Crippen molar-refractivity contribution < 1.29 is 14.3 Å². The molecule has 1 N–H and O–H groups in total. The maximum Gasteiger partial charge on any atom is 0.253 e. The first-order valence-electron chi connectivity index (χ1n) is 9.83. The highest BCUT2D eigenvalue weighted by atomic mass is 16.7. The van der Waals surface area contributed by atoms with Gasteiger partial charge in [-0.2, -0.15) is 5.10 Å². The van der Waals surface area contributed by atoms with Gasteiger partial charge in [0.15, 0.2) is 17.3 Å². The Morgan fingerprint density at radius 3 is 2.69 bits per heavy atom. The van der Waals surface area contributed by atoms with Crippen LogP contribution in [0.15, 0.2) is 54.6 Å². The summed E-state index contributed by atoms with van der Waals surface area (Å²) in [5.74, 6) is 2.51. The van der Waals surface area contributed by atoms with Crippen molar-refractivity contribution in [3.63, 3.8) is 0 Å². The molecule has 0 spiro atoms. The fourth-order valence-corrected chi connectivity index (χ4v) is 3.80. The van der Waals surface area contributed by atoms with Gasteiger partial charge in [-0.05, 0) is 36.8 Å². The molecule has 5 rings (SSSR count). The van der Waals surface area contributed by atoms with Gasteiger partial charge in [0.2, 0.25) is 6.79 Å². The van der Waals surface area contributed by atoms with E-state index in [1.807, 2.05) is 59.5 Å². The number of amides is 1. The Morgan fingerprint density at radius 2 is 1.79 bits per heavy atom. The van der Waals surface area contributed by atoms with E-state index in [-0.39, 0.29) is 12.7 Å². The summed E-state index contributed by atoms with van der Waals surface area (Å²) in [6.07, 6.45) is 0.908. The fourth-order valence-electron chi connectivity index (χ4n) is 3.80. The molecule has 0 atom stereocenters. The molecule has 148 valence electrons. The van der Waals surface area contributed by atoms with E-state index in [4.69, 9.17) is 9.47 Å². The number of ether oxygens (including phenoxy) is 2. The van der Waals surface area contributed by atoms with Gasteiger partial charge in [-0.1, -0.05) is 18.2 Å². The molecule has 0 saturated carbocycles. The van der Waals surface area contributed by atoms with E-state index in [9.17, 15) is 4.79 Å². The number of carbonyl (C=O) groups is 1. The van der Waals surface area contributed by atoms with E-state index >= 15 is 0 Å². The lowest BCUT2D eigenvalue weighted by Gasteiger charge is -2.22. The van der Waals surface area contributed by atoms with Crippen LogP contribution in [-0.2, 0) is 0 Å². The van der Waals surface area contributed by atoms with Crippen LogP contribution in [0.5, 0.6) is 11.5 Å². The molecule has 7 nitrogen and oxygen atoms in total. The summed E-state index contributed by atoms with van der Waals surface area (Å²) in [5, 5.41) is 7.63. The molecule has 7 heteroatoms. The summed E-state index contributed by atoms with van der Waals surface area (Å²) >= 11 is 0. The molecule has 0 aliphatic carbocycles. The van der Waals surface area contributed by atoms with Crippen LogP contribution in [-0.4, -0.2) is 54.0 Å². The number of nitrogens with one attached hydrogen (secondary N) is 1. The Kier molecular flexibility index (Phi) is 4.56. The van der Waals surface area contributed by atoms with Crippen molar-refractivity contribution in [2.75, 3.05) is 37.9 Å². The van der Waals surface area contributed by atoms with E-state index in [0.717, 1.165) is 60.2 Å². The highest BCUT2D eigenvalue weighted by molar-refractivity contribution is 5.94. The number of hydrogen-bond donors (Lipinski definition) is 1. The van der Waals surface area contributed by atoms with Crippen molar-refractivity contribution in [2.24, 2.45) is 0 Å². The lowest BCUT2D eigenvalue weighted by atomic mass is 10.1. The number of fused-ring (bicyclic) bond motifs is 1. The lowest BCUT2D eigenvalue weighted by molar-refractivity contribution is 0.0767. The van der Waals surface area contributed by atoms with Gasteiger partial charge in [0.25, 0.3) is 5.91 Å². The molecule has 1 aromatic heterocycles. The Labute approximate surface area is 168 Å². The quantitative estimate of drug-likeness (QED) is 0.744. The summed E-state index contributed by atoms with van der Waals surface area (Å²) in [6.45, 7) is 3.32. The number of carbonyl (C=O) groups excluding carboxylic acids is 1. The monoisotopic (exact) mass is 390 g/mol. The van der Waals surface area contributed by atoms with Crippen LogP contribution in [0.2, 0.25) is 0 Å². The number of nitrogens with zero attached hydrogens (tertiary/aromatic N) is 3. The van der Waals surface area contributed by atoms with Crippen LogP contribution in [0.3, 0.4) is 0 Å². The highest BCUT2D eigenvalue weighted by Gasteiger charge is 2.22. The van der Waals surface area contributed by atoms with Gasteiger partial charge in [0, 0.05) is 43.4 Å². The van der Waals surface area contributed by atoms with Gasteiger partial charge in [0.1, 0.15) is 0 Å². The molecule has 1 fully saturated rings. The third kappa shape index (κ3) is 3.51. The number of aromatic nitrogens is 2. The Balaban J connectivity index is 1.28. The molecule has 3 heterocycles. The van der Waals surface area contributed by atoms with E-state index in [1.54, 1.807) is 0 Å². The van der Waals surface area contributed by atoms with Gasteiger partial charge in [-0.25, -0.2) is 0 Å². The molecule has 2 aromatic carbocycles. The minimum atomic E-state index is 0.0931. The molecule has 0 unspecified atom stereocenters. The predicted molar refractivity (Wildman–Crippen MR) is 109 cm³/mol. The van der Waals surface area contributed by atoms with E-state index in [0.29, 0.717) is 6.54 Å². The predicted octanol–water partition coefficient (Wildman–Crippen LogP) is 3.16. The minimum absolute atomic E-state index is 0.0931. The first kappa shape index (κ1) is 17.6. The van der Waals surface area contributed by atoms with Crippen LogP contribution in [0.25, 0.3) is 11.3 Å². The average molecular weight is 390 g/mol.